The summed E-state index contributed by atoms with van der Waals surface area (Å²) >= 11 is 5.97. The van der Waals surface area contributed by atoms with Crippen molar-refractivity contribution >= 4 is 11.6 Å². The van der Waals surface area contributed by atoms with Gasteiger partial charge in [-0.25, -0.2) is 4.98 Å². The first-order valence-corrected chi connectivity index (χ1v) is 5.67. The normalized spacial score (nSPS) is 21.9. The van der Waals surface area contributed by atoms with Crippen molar-refractivity contribution in [3.8, 4) is 5.88 Å². The molecular formula is C11H15ClN2O. The molecule has 1 aromatic rings. The van der Waals surface area contributed by atoms with E-state index in [1.54, 1.807) is 12.3 Å². The average Bonchev–Trinajstić information content (AvgIpc) is 2.69. The van der Waals surface area contributed by atoms with Gasteiger partial charge in [-0.15, -0.1) is 0 Å². The number of likely N-dealkylation sites (N-methyl/N-ethyl adjacent to an activating group) is 1. The van der Waals surface area contributed by atoms with Gasteiger partial charge in [0.1, 0.15) is 11.1 Å². The lowest BCUT2D eigenvalue weighted by Crippen LogP contribution is -2.24. The zero-order valence-electron chi connectivity index (χ0n) is 8.82. The summed E-state index contributed by atoms with van der Waals surface area (Å²) in [4.78, 5) is 6.48. The van der Waals surface area contributed by atoms with Gasteiger partial charge in [0.15, 0.2) is 0 Å². The molecule has 0 radical (unpaired) electrons. The van der Waals surface area contributed by atoms with E-state index in [0.717, 1.165) is 26.1 Å². The van der Waals surface area contributed by atoms with Gasteiger partial charge < -0.3 is 4.74 Å². The van der Waals surface area contributed by atoms with Crippen molar-refractivity contribution in [2.75, 3.05) is 19.6 Å². The summed E-state index contributed by atoms with van der Waals surface area (Å²) in [5.74, 6) is 0.558. The van der Waals surface area contributed by atoms with Crippen LogP contribution in [0.4, 0.5) is 0 Å². The molecule has 1 aliphatic rings. The average molecular weight is 227 g/mol. The quantitative estimate of drug-likeness (QED) is 0.790. The van der Waals surface area contributed by atoms with Gasteiger partial charge in [-0.2, -0.15) is 0 Å². The van der Waals surface area contributed by atoms with E-state index >= 15 is 0 Å². The van der Waals surface area contributed by atoms with Crippen molar-refractivity contribution in [1.29, 1.82) is 0 Å². The molecule has 0 amide bonds. The Bertz CT molecular complexity index is 332. The number of hydrogen-bond acceptors (Lipinski definition) is 3. The predicted molar refractivity (Wildman–Crippen MR) is 60.4 cm³/mol. The van der Waals surface area contributed by atoms with E-state index in [-0.39, 0.29) is 6.10 Å². The summed E-state index contributed by atoms with van der Waals surface area (Å²) in [5, 5.41) is 0.590. The van der Waals surface area contributed by atoms with E-state index < -0.39 is 0 Å². The highest BCUT2D eigenvalue weighted by Crippen LogP contribution is 2.23. The molecule has 15 heavy (non-hydrogen) atoms. The fraction of sp³-hybridized carbons (Fsp3) is 0.545. The molecule has 0 spiro atoms. The molecule has 1 atom stereocenters. The van der Waals surface area contributed by atoms with Gasteiger partial charge in [0, 0.05) is 19.3 Å². The Morgan fingerprint density at radius 2 is 2.53 bits per heavy atom. The fourth-order valence-electron chi connectivity index (χ4n) is 1.80. The standard InChI is InChI=1S/C11H15ClN2O/c1-2-14-7-5-9(8-14)15-11-10(12)4-3-6-13-11/h3-4,6,9H,2,5,7-8H2,1H3/t9-/m0/s1. The second-order valence-corrected chi connectivity index (χ2v) is 4.12. The number of ether oxygens (including phenoxy) is 1. The number of aromatic nitrogens is 1. The summed E-state index contributed by atoms with van der Waals surface area (Å²) < 4.78 is 5.75. The molecule has 1 aromatic heterocycles. The fourth-order valence-corrected chi connectivity index (χ4v) is 1.96. The molecule has 3 nitrogen and oxygen atoms in total. The van der Waals surface area contributed by atoms with Gasteiger partial charge >= 0.3 is 0 Å². The third kappa shape index (κ3) is 2.61. The summed E-state index contributed by atoms with van der Waals surface area (Å²) in [6.07, 6.45) is 2.99. The smallest absolute Gasteiger partial charge is 0.232 e. The van der Waals surface area contributed by atoms with Crippen LogP contribution in [0.3, 0.4) is 0 Å². The number of nitrogens with zero attached hydrogens (tertiary/aromatic N) is 2. The lowest BCUT2D eigenvalue weighted by atomic mass is 10.3. The Kier molecular flexibility index (Phi) is 3.44. The van der Waals surface area contributed by atoms with Gasteiger partial charge in [-0.1, -0.05) is 18.5 Å². The second kappa shape index (κ2) is 4.81. The zero-order valence-corrected chi connectivity index (χ0v) is 9.57. The van der Waals surface area contributed by atoms with E-state index in [1.165, 1.54) is 0 Å². The van der Waals surface area contributed by atoms with Crippen molar-refractivity contribution in [2.24, 2.45) is 0 Å². The second-order valence-electron chi connectivity index (χ2n) is 3.71. The summed E-state index contributed by atoms with van der Waals surface area (Å²) in [7, 11) is 0. The van der Waals surface area contributed by atoms with Crippen molar-refractivity contribution in [3.05, 3.63) is 23.4 Å². The molecule has 0 aromatic carbocycles. The SMILES string of the molecule is CCN1CC[C@H](Oc2ncccc2Cl)C1. The van der Waals surface area contributed by atoms with E-state index in [4.69, 9.17) is 16.3 Å². The Morgan fingerprint density at radius 1 is 1.67 bits per heavy atom. The molecule has 0 unspecified atom stereocenters. The minimum atomic E-state index is 0.234. The van der Waals surface area contributed by atoms with Crippen molar-refractivity contribution in [2.45, 2.75) is 19.4 Å². The van der Waals surface area contributed by atoms with E-state index in [1.807, 2.05) is 6.07 Å². The molecular weight excluding hydrogens is 212 g/mol. The highest BCUT2D eigenvalue weighted by molar-refractivity contribution is 6.31. The number of likely N-dealkylation sites (tertiary alicyclic amines) is 1. The topological polar surface area (TPSA) is 25.4 Å². The third-order valence-electron chi connectivity index (χ3n) is 2.68. The Hall–Kier alpha value is -0.800. The Labute approximate surface area is 95.0 Å². The van der Waals surface area contributed by atoms with Crippen LogP contribution in [0.15, 0.2) is 18.3 Å². The molecule has 2 rings (SSSR count). The van der Waals surface area contributed by atoms with E-state index in [2.05, 4.69) is 16.8 Å². The van der Waals surface area contributed by atoms with Crippen LogP contribution in [0.5, 0.6) is 5.88 Å². The van der Waals surface area contributed by atoms with E-state index in [0.29, 0.717) is 10.9 Å². The first-order chi connectivity index (χ1) is 7.29. The van der Waals surface area contributed by atoms with Crippen LogP contribution >= 0.6 is 11.6 Å². The molecule has 1 saturated heterocycles. The van der Waals surface area contributed by atoms with Crippen LogP contribution in [0.1, 0.15) is 13.3 Å². The molecule has 4 heteroatoms. The van der Waals surface area contributed by atoms with Crippen LogP contribution in [-0.2, 0) is 0 Å². The van der Waals surface area contributed by atoms with Crippen LogP contribution in [0.2, 0.25) is 5.02 Å². The van der Waals surface area contributed by atoms with Crippen LogP contribution < -0.4 is 4.74 Å². The summed E-state index contributed by atoms with van der Waals surface area (Å²) in [5.41, 5.74) is 0. The monoisotopic (exact) mass is 226 g/mol. The maximum atomic E-state index is 5.97. The van der Waals surface area contributed by atoms with Gasteiger partial charge in [0.25, 0.3) is 0 Å². The molecule has 1 fully saturated rings. The number of rotatable bonds is 3. The Balaban J connectivity index is 1.96. The van der Waals surface area contributed by atoms with Gasteiger partial charge in [-0.05, 0) is 25.1 Å². The van der Waals surface area contributed by atoms with Crippen molar-refractivity contribution < 1.29 is 4.74 Å². The third-order valence-corrected chi connectivity index (χ3v) is 2.97. The van der Waals surface area contributed by atoms with E-state index in [9.17, 15) is 0 Å². The first-order valence-electron chi connectivity index (χ1n) is 5.29. The van der Waals surface area contributed by atoms with Crippen LogP contribution in [-0.4, -0.2) is 35.6 Å². The molecule has 82 valence electrons. The minimum absolute atomic E-state index is 0.234. The molecule has 1 aliphatic heterocycles. The first kappa shape index (κ1) is 10.7. The highest BCUT2D eigenvalue weighted by atomic mass is 35.5. The van der Waals surface area contributed by atoms with Crippen molar-refractivity contribution in [1.82, 2.24) is 9.88 Å². The number of hydrogen-bond donors (Lipinski definition) is 0. The summed E-state index contributed by atoms with van der Waals surface area (Å²) in [6, 6.07) is 3.61. The lowest BCUT2D eigenvalue weighted by Gasteiger charge is -2.14. The minimum Gasteiger partial charge on any atom is -0.472 e. The maximum absolute atomic E-state index is 5.97. The summed E-state index contributed by atoms with van der Waals surface area (Å²) in [6.45, 7) is 5.32. The molecule has 0 N–H and O–H groups in total. The van der Waals surface area contributed by atoms with Gasteiger partial charge in [0.2, 0.25) is 5.88 Å². The molecule has 0 saturated carbocycles. The van der Waals surface area contributed by atoms with Crippen LogP contribution in [0.25, 0.3) is 0 Å². The number of pyridine rings is 1. The van der Waals surface area contributed by atoms with Crippen molar-refractivity contribution in [3.63, 3.8) is 0 Å². The molecule has 0 aliphatic carbocycles. The predicted octanol–water partition coefficient (Wildman–Crippen LogP) is 2.21. The van der Waals surface area contributed by atoms with Gasteiger partial charge in [0.05, 0.1) is 0 Å². The lowest BCUT2D eigenvalue weighted by molar-refractivity contribution is 0.195. The largest absolute Gasteiger partial charge is 0.472 e. The number of halogens is 1. The zero-order chi connectivity index (χ0) is 10.7. The molecule has 0 bridgehead atoms. The van der Waals surface area contributed by atoms with Crippen LogP contribution in [0, 0.1) is 0 Å². The highest BCUT2D eigenvalue weighted by Gasteiger charge is 2.23. The Morgan fingerprint density at radius 3 is 3.20 bits per heavy atom. The van der Waals surface area contributed by atoms with Gasteiger partial charge in [-0.3, -0.25) is 4.90 Å². The maximum Gasteiger partial charge on any atom is 0.232 e. The molecule has 2 heterocycles.